The molecule has 0 aromatic heterocycles. The van der Waals surface area contributed by atoms with E-state index in [2.05, 4.69) is 24.0 Å². The first-order valence-corrected chi connectivity index (χ1v) is 7.12. The van der Waals surface area contributed by atoms with Crippen molar-refractivity contribution in [2.24, 2.45) is 11.5 Å². The van der Waals surface area contributed by atoms with Crippen LogP contribution in [0.2, 0.25) is 0 Å². The third kappa shape index (κ3) is 5.57. The molecule has 0 spiro atoms. The number of amides is 2. The highest BCUT2D eigenvalue weighted by Crippen LogP contribution is 2.20. The Bertz CT molecular complexity index is 534. The molecule has 1 unspecified atom stereocenters. The van der Waals surface area contributed by atoms with Gasteiger partial charge in [-0.1, -0.05) is 18.2 Å². The summed E-state index contributed by atoms with van der Waals surface area (Å²) in [4.78, 5) is 26.9. The fourth-order valence-electron chi connectivity index (χ4n) is 2.62. The molecule has 6 nitrogen and oxygen atoms in total. The van der Waals surface area contributed by atoms with Gasteiger partial charge in [-0.3, -0.25) is 9.59 Å². The van der Waals surface area contributed by atoms with Crippen LogP contribution in [0, 0.1) is 6.92 Å². The maximum absolute atomic E-state index is 12.1. The van der Waals surface area contributed by atoms with Crippen LogP contribution in [0.1, 0.15) is 12.0 Å². The number of hydrogen-bond acceptors (Lipinski definition) is 4. The van der Waals surface area contributed by atoms with Crippen molar-refractivity contribution in [3.8, 4) is 0 Å². The first-order chi connectivity index (χ1) is 9.99. The van der Waals surface area contributed by atoms with Gasteiger partial charge in [0.2, 0.25) is 11.8 Å². The fourth-order valence-corrected chi connectivity index (χ4v) is 2.62. The minimum absolute atomic E-state index is 0. The Labute approximate surface area is 149 Å². The Kier molecular flexibility index (Phi) is 8.97. The van der Waals surface area contributed by atoms with E-state index in [9.17, 15) is 9.59 Å². The van der Waals surface area contributed by atoms with E-state index in [-0.39, 0.29) is 37.1 Å². The van der Waals surface area contributed by atoms with Crippen molar-refractivity contribution in [1.29, 1.82) is 0 Å². The summed E-state index contributed by atoms with van der Waals surface area (Å²) in [5, 5.41) is 0. The normalized spacial score (nSPS) is 15.2. The number of piperazine rings is 1. The van der Waals surface area contributed by atoms with E-state index in [1.54, 1.807) is 4.90 Å². The zero-order chi connectivity index (χ0) is 15.4. The van der Waals surface area contributed by atoms with Crippen LogP contribution in [-0.2, 0) is 9.59 Å². The number of anilines is 1. The van der Waals surface area contributed by atoms with E-state index in [1.807, 2.05) is 12.1 Å². The number of aryl methyl sites for hydroxylation is 1. The number of hydrogen-bond donors (Lipinski definition) is 2. The van der Waals surface area contributed by atoms with E-state index >= 15 is 0 Å². The average Bonchev–Trinajstić information content (AvgIpc) is 2.46. The number of halogens is 2. The maximum Gasteiger partial charge on any atom is 0.240 e. The third-order valence-electron chi connectivity index (χ3n) is 3.79. The van der Waals surface area contributed by atoms with Crippen LogP contribution in [0.4, 0.5) is 5.69 Å². The Hall–Kier alpha value is -1.50. The minimum atomic E-state index is -0.826. The SMILES string of the molecule is Cc1ccccc1N1CCN(C(=O)C(N)CC(N)=O)CC1.Cl.Cl. The van der Waals surface area contributed by atoms with Gasteiger partial charge in [-0.05, 0) is 18.6 Å². The highest BCUT2D eigenvalue weighted by atomic mass is 35.5. The summed E-state index contributed by atoms with van der Waals surface area (Å²) in [5.41, 5.74) is 13.2. The third-order valence-corrected chi connectivity index (χ3v) is 3.79. The van der Waals surface area contributed by atoms with Gasteiger partial charge in [0.25, 0.3) is 0 Å². The number of carbonyl (C=O) groups excluding carboxylic acids is 2. The molecular formula is C15H24Cl2N4O2. The second-order valence-corrected chi connectivity index (χ2v) is 5.38. The van der Waals surface area contributed by atoms with Gasteiger partial charge in [-0.2, -0.15) is 0 Å². The molecule has 1 aromatic rings. The highest BCUT2D eigenvalue weighted by Gasteiger charge is 2.26. The Morgan fingerprint density at radius 2 is 1.70 bits per heavy atom. The summed E-state index contributed by atoms with van der Waals surface area (Å²) in [5.74, 6) is -0.743. The lowest BCUT2D eigenvalue weighted by Crippen LogP contribution is -2.54. The molecule has 1 atom stereocenters. The number of nitrogens with zero attached hydrogens (tertiary/aromatic N) is 2. The van der Waals surface area contributed by atoms with Crippen LogP contribution in [0.15, 0.2) is 24.3 Å². The zero-order valence-electron chi connectivity index (χ0n) is 13.1. The van der Waals surface area contributed by atoms with Crippen molar-refractivity contribution in [3.63, 3.8) is 0 Å². The standard InChI is InChI=1S/C15H22N4O2.2ClH/c1-11-4-2-3-5-13(11)18-6-8-19(9-7-18)15(21)12(16)10-14(17)20;;/h2-5,12H,6-10,16H2,1H3,(H2,17,20);2*1H. The van der Waals surface area contributed by atoms with Gasteiger partial charge in [-0.25, -0.2) is 0 Å². The summed E-state index contributed by atoms with van der Waals surface area (Å²) in [6.45, 7) is 4.83. The van der Waals surface area contributed by atoms with Gasteiger partial charge in [0.1, 0.15) is 0 Å². The molecule has 0 aliphatic carbocycles. The number of para-hydroxylation sites is 1. The van der Waals surface area contributed by atoms with Crippen LogP contribution in [0.3, 0.4) is 0 Å². The number of primary amides is 1. The van der Waals surface area contributed by atoms with Gasteiger partial charge in [0, 0.05) is 31.9 Å². The van der Waals surface area contributed by atoms with Crippen molar-refractivity contribution in [3.05, 3.63) is 29.8 Å². The van der Waals surface area contributed by atoms with Crippen molar-refractivity contribution in [2.45, 2.75) is 19.4 Å². The Morgan fingerprint density at radius 1 is 1.13 bits per heavy atom. The van der Waals surface area contributed by atoms with Crippen molar-refractivity contribution < 1.29 is 9.59 Å². The molecule has 1 heterocycles. The lowest BCUT2D eigenvalue weighted by atomic mass is 10.1. The molecule has 4 N–H and O–H groups in total. The Morgan fingerprint density at radius 3 is 2.22 bits per heavy atom. The maximum atomic E-state index is 12.1. The van der Waals surface area contributed by atoms with E-state index in [0.717, 1.165) is 13.1 Å². The van der Waals surface area contributed by atoms with Crippen LogP contribution in [-0.4, -0.2) is 48.9 Å². The molecule has 1 aromatic carbocycles. The largest absolute Gasteiger partial charge is 0.370 e. The summed E-state index contributed by atoms with van der Waals surface area (Å²) >= 11 is 0. The van der Waals surface area contributed by atoms with Crippen molar-refractivity contribution >= 4 is 42.3 Å². The average molecular weight is 363 g/mol. The summed E-state index contributed by atoms with van der Waals surface area (Å²) in [7, 11) is 0. The summed E-state index contributed by atoms with van der Waals surface area (Å²) in [6.07, 6.45) is -0.100. The zero-order valence-corrected chi connectivity index (χ0v) is 14.7. The smallest absolute Gasteiger partial charge is 0.240 e. The molecular weight excluding hydrogens is 339 g/mol. The van der Waals surface area contributed by atoms with Crippen LogP contribution in [0.25, 0.3) is 0 Å². The van der Waals surface area contributed by atoms with Gasteiger partial charge in [-0.15, -0.1) is 24.8 Å². The molecule has 1 aliphatic heterocycles. The van der Waals surface area contributed by atoms with Gasteiger partial charge in [0.05, 0.1) is 12.5 Å². The van der Waals surface area contributed by atoms with E-state index in [0.29, 0.717) is 13.1 Å². The number of nitrogens with two attached hydrogens (primary N) is 2. The summed E-state index contributed by atoms with van der Waals surface area (Å²) in [6, 6.07) is 7.37. The minimum Gasteiger partial charge on any atom is -0.370 e. The van der Waals surface area contributed by atoms with Crippen LogP contribution >= 0.6 is 24.8 Å². The molecule has 2 rings (SSSR count). The second kappa shape index (κ2) is 9.60. The predicted molar refractivity (Wildman–Crippen MR) is 96.3 cm³/mol. The quantitative estimate of drug-likeness (QED) is 0.823. The molecule has 1 fully saturated rings. The number of benzene rings is 1. The molecule has 2 amide bonds. The fraction of sp³-hybridized carbons (Fsp3) is 0.467. The van der Waals surface area contributed by atoms with Crippen molar-refractivity contribution in [1.82, 2.24) is 4.90 Å². The number of carbonyl (C=O) groups is 2. The molecule has 0 bridgehead atoms. The molecule has 8 heteroatoms. The van der Waals surface area contributed by atoms with E-state index < -0.39 is 11.9 Å². The molecule has 0 saturated carbocycles. The molecule has 130 valence electrons. The Balaban J connectivity index is 0.00000242. The second-order valence-electron chi connectivity index (χ2n) is 5.38. The number of rotatable bonds is 4. The van der Waals surface area contributed by atoms with Crippen LogP contribution < -0.4 is 16.4 Å². The van der Waals surface area contributed by atoms with Gasteiger partial charge >= 0.3 is 0 Å². The van der Waals surface area contributed by atoms with Gasteiger partial charge < -0.3 is 21.3 Å². The topological polar surface area (TPSA) is 92.7 Å². The first kappa shape index (κ1) is 21.5. The summed E-state index contributed by atoms with van der Waals surface area (Å²) < 4.78 is 0. The lowest BCUT2D eigenvalue weighted by molar-refractivity contribution is -0.134. The molecule has 1 aliphatic rings. The van der Waals surface area contributed by atoms with E-state index in [4.69, 9.17) is 11.5 Å². The lowest BCUT2D eigenvalue weighted by Gasteiger charge is -2.37. The molecule has 1 saturated heterocycles. The predicted octanol–water partition coefficient (Wildman–Crippen LogP) is 0.690. The molecule has 23 heavy (non-hydrogen) atoms. The van der Waals surface area contributed by atoms with Crippen LogP contribution in [0.5, 0.6) is 0 Å². The monoisotopic (exact) mass is 362 g/mol. The van der Waals surface area contributed by atoms with Gasteiger partial charge in [0.15, 0.2) is 0 Å². The van der Waals surface area contributed by atoms with Crippen molar-refractivity contribution in [2.75, 3.05) is 31.1 Å². The highest BCUT2D eigenvalue weighted by molar-refractivity contribution is 5.87. The van der Waals surface area contributed by atoms with E-state index in [1.165, 1.54) is 11.3 Å². The molecule has 0 radical (unpaired) electrons. The first-order valence-electron chi connectivity index (χ1n) is 7.12.